The molecule has 9 aromatic rings. The molecule has 0 bridgehead atoms. The Bertz CT molecular complexity index is 7730. The Morgan fingerprint density at radius 3 is 0.635 bits per heavy atom. The minimum Gasteiger partial charge on any atom is -0.405 e. The van der Waals surface area contributed by atoms with Crippen molar-refractivity contribution in [3.8, 4) is 47.9 Å². The Hall–Kier alpha value is -17.7. The van der Waals surface area contributed by atoms with Crippen molar-refractivity contribution in [1.29, 1.82) is 31.6 Å². The van der Waals surface area contributed by atoms with Gasteiger partial charge >= 0.3 is 53.6 Å². The summed E-state index contributed by atoms with van der Waals surface area (Å²) < 4.78 is 528. The van der Waals surface area contributed by atoms with Crippen molar-refractivity contribution in [2.24, 2.45) is 0 Å². The third-order valence-electron chi connectivity index (χ3n) is 22.4. The summed E-state index contributed by atoms with van der Waals surface area (Å²) in [7, 11) is 0. The molecule has 15 rings (SSSR count). The van der Waals surface area contributed by atoms with E-state index in [-0.39, 0.29) is 48.5 Å². The molecular formula is C96H24F36N12O2S2. The maximum Gasteiger partial charge on any atom is 0.573 e. The van der Waals surface area contributed by atoms with Crippen molar-refractivity contribution < 1.29 is 168 Å². The topological polar surface area (TPSA) is 187 Å². The quantitative estimate of drug-likeness (QED) is 0.0419. The molecule has 0 N–H and O–H groups in total. The molecular weight excluding hydrogens is 2100 g/mol. The molecule has 0 aliphatic heterocycles. The number of alkyl halides is 18. The lowest BCUT2D eigenvalue weighted by Gasteiger charge is -2.19. The van der Waals surface area contributed by atoms with E-state index in [4.69, 9.17) is 39.4 Å². The van der Waals surface area contributed by atoms with Crippen molar-refractivity contribution in [2.45, 2.75) is 84.4 Å². The molecule has 0 atom stereocenters. The highest BCUT2D eigenvalue weighted by Gasteiger charge is 2.52. The van der Waals surface area contributed by atoms with Gasteiger partial charge in [0, 0.05) is 67.5 Å². The Morgan fingerprint density at radius 2 is 0.426 bits per heavy atom. The molecule has 0 fully saturated rings. The number of nitriles is 6. The third-order valence-corrected chi connectivity index (χ3v) is 24.2. The normalized spacial score (nSPS) is 13.7. The second-order valence-electron chi connectivity index (χ2n) is 30.5. The van der Waals surface area contributed by atoms with Gasteiger partial charge in [-0.25, -0.2) is 79.0 Å². The number of hydrogen-bond acceptors (Lipinski definition) is 10. The van der Waals surface area contributed by atoms with Crippen LogP contribution in [0.5, 0.6) is 11.5 Å². The van der Waals surface area contributed by atoms with E-state index in [1.807, 2.05) is 0 Å². The summed E-state index contributed by atoms with van der Waals surface area (Å²) in [4.78, 5) is 15.5. The molecule has 52 heteroatoms. The highest BCUT2D eigenvalue weighted by Crippen LogP contribution is 2.53. The second-order valence-corrected chi connectivity index (χ2v) is 32.7. The lowest BCUT2D eigenvalue weighted by atomic mass is 9.90. The van der Waals surface area contributed by atoms with E-state index in [2.05, 4.69) is 38.5 Å². The van der Waals surface area contributed by atoms with E-state index in [9.17, 15) is 163 Å². The number of ether oxygens (including phenoxy) is 2. The lowest BCUT2D eigenvalue weighted by Crippen LogP contribution is -2.36. The summed E-state index contributed by atoms with van der Waals surface area (Å²) in [5, 5.41) is 51.2. The van der Waals surface area contributed by atoms with Gasteiger partial charge in [-0.3, -0.25) is 0 Å². The number of hydrogen-bond donors (Lipinski definition) is 0. The SMILES string of the molecule is [C-]#[N+]C([N+]#[C-])=C1Cc2c(C(F)(F)F)c3c(c(C(F)(F)F)c2=C1c1cc(F)c(F)c(F)c1)CC(=C(C#N)C#N)C=3c1cc(F)c(F)c(F)c1.[C-]#[N+]C([N+]#[C-])=C1Cc2c(OC(F)(F)F)c3c(c(OC(F)(F)F)c2=C1c1cc(F)c(F)c(F)c1)CC(=C(C#N)C#N)C=3c1cc(F)c(F)c(F)c1.[C-]#[N+]C([N+]#[C-])=C1Cc2c(SC(F)(F)F)c3c(c(SC(F)(F)F)c2=C1c1cc(F)c(F)c(F)c1)CC(=C(C#N)C#N)C=3c1cc(F)c(F)c(F)c1. The fourth-order valence-corrected chi connectivity index (χ4v) is 19.1. The summed E-state index contributed by atoms with van der Waals surface area (Å²) >= 11 is -1.90. The van der Waals surface area contributed by atoms with Gasteiger partial charge in [-0.2, -0.15) is 113 Å². The molecule has 0 amide bonds. The van der Waals surface area contributed by atoms with Gasteiger partial charge in [0.25, 0.3) is 0 Å². The van der Waals surface area contributed by atoms with Gasteiger partial charge in [-0.05, 0) is 225 Å². The number of fused-ring (bicyclic) bond motifs is 6. The van der Waals surface area contributed by atoms with Crippen molar-refractivity contribution in [1.82, 2.24) is 0 Å². The van der Waals surface area contributed by atoms with Gasteiger partial charge in [0.15, 0.2) is 105 Å². The zero-order valence-electron chi connectivity index (χ0n) is 70.8. The molecule has 6 aliphatic carbocycles. The first-order chi connectivity index (χ1) is 69.1. The Balaban J connectivity index is 0.000000185. The molecule has 6 aliphatic rings. The smallest absolute Gasteiger partial charge is 0.405 e. The highest BCUT2D eigenvalue weighted by atomic mass is 32.2. The first-order valence-electron chi connectivity index (χ1n) is 39.1. The van der Waals surface area contributed by atoms with Crippen LogP contribution in [0.2, 0.25) is 0 Å². The molecule has 148 heavy (non-hydrogen) atoms. The van der Waals surface area contributed by atoms with E-state index < -0.39 is 434 Å². The predicted octanol–water partition coefficient (Wildman–Crippen LogP) is 23.3. The number of rotatable bonds is 10. The molecule has 0 aromatic heterocycles. The monoisotopic (exact) mass is 2120 g/mol. The van der Waals surface area contributed by atoms with Crippen LogP contribution in [0, 0.1) is 212 Å². The van der Waals surface area contributed by atoms with Crippen LogP contribution < -0.4 is 40.8 Å². The van der Waals surface area contributed by atoms with Crippen LogP contribution in [-0.4, -0.2) is 23.7 Å². The number of benzene rings is 9. The predicted molar refractivity (Wildman–Crippen MR) is 435 cm³/mol. The molecule has 0 heterocycles. The molecule has 744 valence electrons. The Morgan fingerprint density at radius 1 is 0.250 bits per heavy atom. The standard InChI is InChI=1S/C32H8F12N4O2.C32H8F12N4S2.C32H8F12N4/c2*1-47-30(48-2)17-8-16-25(23(17)12-5-20(35)27(38)21(36)6-12)28(49-31(39,40)41)15-7-14(13(9-45)10-46)22(24(15)29(16)50-32(42,43)44)11-3-18(33)26(37)19(34)4-11;1-47-30(48-2)17-8-16-25(23(17)12-5-20(35)29(38)21(36)6-12)26(31(39,40)41)15-7-14(13(9-45)10-46)22(24(15)27(16)32(42,43)44)11-3-18(33)28(37)19(34)4-11/h2*3-6H,7-8H2;3-6H,7-8H2. The van der Waals surface area contributed by atoms with Gasteiger partial charge < -0.3 is 9.47 Å². The zero-order chi connectivity index (χ0) is 110. The van der Waals surface area contributed by atoms with Crippen LogP contribution in [0.25, 0.3) is 62.5 Å². The largest absolute Gasteiger partial charge is 0.573 e. The fraction of sp³-hybridized carbons (Fsp3) is 0.125. The van der Waals surface area contributed by atoms with Gasteiger partial charge in [0.1, 0.15) is 104 Å². The van der Waals surface area contributed by atoms with Crippen molar-refractivity contribution in [3.05, 3.63) is 423 Å². The average Bonchev–Trinajstić information content (AvgIpc) is 1.51. The summed E-state index contributed by atoms with van der Waals surface area (Å²) in [5.41, 5.74) is -38.3. The van der Waals surface area contributed by atoms with Crippen LogP contribution in [0.4, 0.5) is 158 Å². The van der Waals surface area contributed by atoms with E-state index in [0.29, 0.717) is 24.3 Å². The van der Waals surface area contributed by atoms with Crippen LogP contribution in [-0.2, 0) is 50.9 Å². The minimum absolute atomic E-state index is 0.152. The van der Waals surface area contributed by atoms with E-state index in [1.165, 1.54) is 36.4 Å². The molecule has 14 nitrogen and oxygen atoms in total. The van der Waals surface area contributed by atoms with Gasteiger partial charge in [-0.15, -0.1) is 26.3 Å². The lowest BCUT2D eigenvalue weighted by molar-refractivity contribution is -0.277. The Labute approximate surface area is 807 Å². The first kappa shape index (κ1) is 108. The zero-order valence-corrected chi connectivity index (χ0v) is 72.4. The summed E-state index contributed by atoms with van der Waals surface area (Å²) in [6.45, 7) is 44.3. The molecule has 9 aromatic carbocycles. The van der Waals surface area contributed by atoms with Crippen molar-refractivity contribution in [3.63, 3.8) is 0 Å². The Kier molecular flexibility index (Phi) is 28.7. The van der Waals surface area contributed by atoms with E-state index in [0.717, 1.165) is 0 Å². The van der Waals surface area contributed by atoms with Crippen LogP contribution in [0.15, 0.2) is 150 Å². The van der Waals surface area contributed by atoms with Crippen molar-refractivity contribution >= 4 is 57.0 Å². The minimum atomic E-state index is -5.73. The summed E-state index contributed by atoms with van der Waals surface area (Å²) in [6.07, 6.45) is -29.6. The number of halogens is 36. The molecule has 0 saturated carbocycles. The number of allylic oxidation sites excluding steroid dienone is 9. The average molecular weight is 2130 g/mol. The molecule has 0 spiro atoms. The molecule has 0 radical (unpaired) electrons. The summed E-state index contributed by atoms with van der Waals surface area (Å²) in [6, 6.07) is 10.9. The van der Waals surface area contributed by atoms with Crippen molar-refractivity contribution in [2.75, 3.05) is 0 Å². The first-order valence-corrected chi connectivity index (χ1v) is 40.8. The van der Waals surface area contributed by atoms with Gasteiger partial charge in [0.05, 0.1) is 27.8 Å². The fourth-order valence-electron chi connectivity index (χ4n) is 17.4. The molecule has 0 saturated heterocycles. The maximum atomic E-state index is 15.2. The van der Waals surface area contributed by atoms with Crippen LogP contribution in [0.3, 0.4) is 0 Å². The van der Waals surface area contributed by atoms with Crippen LogP contribution in [0.1, 0.15) is 77.9 Å². The number of thioether (sulfide) groups is 2. The molecule has 0 unspecified atom stereocenters. The van der Waals surface area contributed by atoms with E-state index >= 15 is 26.3 Å². The highest BCUT2D eigenvalue weighted by molar-refractivity contribution is 8.00. The number of nitrogens with zero attached hydrogens (tertiary/aromatic N) is 12. The second kappa shape index (κ2) is 39.4. The third kappa shape index (κ3) is 19.5. The van der Waals surface area contributed by atoms with Gasteiger partial charge in [0.2, 0.25) is 0 Å². The summed E-state index contributed by atoms with van der Waals surface area (Å²) in [5.74, 6) is -41.5. The van der Waals surface area contributed by atoms with Crippen LogP contribution >= 0.6 is 23.5 Å². The van der Waals surface area contributed by atoms with Gasteiger partial charge in [-0.1, -0.05) is 0 Å². The van der Waals surface area contributed by atoms with E-state index in [1.54, 1.807) is 0 Å². The maximum absolute atomic E-state index is 15.2.